The van der Waals surface area contributed by atoms with E-state index in [1.54, 1.807) is 6.26 Å². The first-order chi connectivity index (χ1) is 11.8. The fourth-order valence-electron chi connectivity index (χ4n) is 3.67. The first kappa shape index (κ1) is 15.4. The number of furan rings is 1. The number of piperidine rings is 1. The van der Waals surface area contributed by atoms with Crippen molar-refractivity contribution in [1.82, 2.24) is 4.90 Å². The van der Waals surface area contributed by atoms with Crippen molar-refractivity contribution in [3.05, 3.63) is 54.5 Å². The van der Waals surface area contributed by atoms with Gasteiger partial charge < -0.3 is 14.1 Å². The van der Waals surface area contributed by atoms with Crippen LogP contribution in [0.15, 0.2) is 53.1 Å². The van der Waals surface area contributed by atoms with Crippen LogP contribution in [0, 0.1) is 5.92 Å². The maximum absolute atomic E-state index is 13.0. The number of hydrogen-bond acceptors (Lipinski definition) is 4. The van der Waals surface area contributed by atoms with Crippen LogP contribution >= 0.6 is 0 Å². The first-order valence-electron chi connectivity index (χ1n) is 8.54. The molecule has 1 aromatic carbocycles. The highest BCUT2D eigenvalue weighted by molar-refractivity contribution is 5.95. The lowest BCUT2D eigenvalue weighted by Crippen LogP contribution is -2.49. The summed E-state index contributed by atoms with van der Waals surface area (Å²) < 4.78 is 11.5. The van der Waals surface area contributed by atoms with Crippen molar-refractivity contribution in [1.29, 1.82) is 0 Å². The van der Waals surface area contributed by atoms with Gasteiger partial charge in [0.15, 0.2) is 0 Å². The van der Waals surface area contributed by atoms with Crippen LogP contribution < -0.4 is 4.90 Å². The third kappa shape index (κ3) is 3.09. The van der Waals surface area contributed by atoms with Crippen LogP contribution in [0.3, 0.4) is 0 Å². The number of amides is 1. The van der Waals surface area contributed by atoms with Crippen molar-refractivity contribution in [3.63, 3.8) is 0 Å². The third-order valence-corrected chi connectivity index (χ3v) is 4.90. The summed E-state index contributed by atoms with van der Waals surface area (Å²) in [6.07, 6.45) is 2.49. The highest BCUT2D eigenvalue weighted by Gasteiger charge is 2.39. The van der Waals surface area contributed by atoms with E-state index in [-0.39, 0.29) is 17.9 Å². The van der Waals surface area contributed by atoms with Gasteiger partial charge >= 0.3 is 0 Å². The van der Waals surface area contributed by atoms with Crippen LogP contribution in [-0.4, -0.2) is 43.2 Å². The van der Waals surface area contributed by atoms with Gasteiger partial charge in [0.2, 0.25) is 5.91 Å². The van der Waals surface area contributed by atoms with Crippen LogP contribution in [0.1, 0.15) is 12.2 Å². The Morgan fingerprint density at radius 1 is 1.08 bits per heavy atom. The molecular formula is C19H22N2O3. The van der Waals surface area contributed by atoms with Gasteiger partial charge in [0.1, 0.15) is 5.76 Å². The van der Waals surface area contributed by atoms with Gasteiger partial charge in [-0.05, 0) is 37.2 Å². The van der Waals surface area contributed by atoms with Gasteiger partial charge in [-0.25, -0.2) is 0 Å². The van der Waals surface area contributed by atoms with Crippen molar-refractivity contribution < 1.29 is 13.9 Å². The molecule has 2 aliphatic heterocycles. The molecule has 24 heavy (non-hydrogen) atoms. The molecule has 5 heteroatoms. The van der Waals surface area contributed by atoms with Crippen molar-refractivity contribution in [3.8, 4) is 0 Å². The topological polar surface area (TPSA) is 45.9 Å². The first-order valence-corrected chi connectivity index (χ1v) is 8.54. The Kier molecular flexibility index (Phi) is 4.36. The molecule has 126 valence electrons. The van der Waals surface area contributed by atoms with E-state index in [1.165, 1.54) is 0 Å². The molecule has 2 saturated heterocycles. The average molecular weight is 326 g/mol. The monoisotopic (exact) mass is 326 g/mol. The Labute approximate surface area is 141 Å². The lowest BCUT2D eigenvalue weighted by atomic mass is 9.92. The van der Waals surface area contributed by atoms with E-state index >= 15 is 0 Å². The van der Waals surface area contributed by atoms with Gasteiger partial charge in [-0.2, -0.15) is 0 Å². The number of para-hydroxylation sites is 1. The predicted octanol–water partition coefficient (Wildman–Crippen LogP) is 2.53. The third-order valence-electron chi connectivity index (χ3n) is 4.90. The van der Waals surface area contributed by atoms with Gasteiger partial charge in [-0.3, -0.25) is 9.69 Å². The van der Waals surface area contributed by atoms with Gasteiger partial charge in [-0.15, -0.1) is 0 Å². The SMILES string of the molecule is O=C1[C@@H]2CCN(Cc3ccco3)C[C@@H]2OCCN1c1ccccc1. The lowest BCUT2D eigenvalue weighted by Gasteiger charge is -2.36. The zero-order chi connectivity index (χ0) is 16.4. The highest BCUT2D eigenvalue weighted by atomic mass is 16.5. The number of nitrogens with zero attached hydrogens (tertiary/aromatic N) is 2. The van der Waals surface area contributed by atoms with Gasteiger partial charge in [0, 0.05) is 18.8 Å². The molecule has 5 nitrogen and oxygen atoms in total. The highest BCUT2D eigenvalue weighted by Crippen LogP contribution is 2.28. The van der Waals surface area contributed by atoms with E-state index in [1.807, 2.05) is 47.4 Å². The van der Waals surface area contributed by atoms with E-state index in [9.17, 15) is 4.79 Å². The molecule has 0 unspecified atom stereocenters. The Balaban J connectivity index is 1.46. The Morgan fingerprint density at radius 3 is 2.75 bits per heavy atom. The molecule has 4 rings (SSSR count). The van der Waals surface area contributed by atoms with Crippen LogP contribution in [-0.2, 0) is 16.1 Å². The summed E-state index contributed by atoms with van der Waals surface area (Å²) in [7, 11) is 0. The predicted molar refractivity (Wildman–Crippen MR) is 90.6 cm³/mol. The molecule has 0 N–H and O–H groups in total. The molecule has 2 fully saturated rings. The quantitative estimate of drug-likeness (QED) is 0.869. The summed E-state index contributed by atoms with van der Waals surface area (Å²) in [5.41, 5.74) is 0.963. The van der Waals surface area contributed by atoms with E-state index in [4.69, 9.17) is 9.15 Å². The largest absolute Gasteiger partial charge is 0.468 e. The molecule has 2 aliphatic rings. The van der Waals surface area contributed by atoms with E-state index in [0.29, 0.717) is 13.2 Å². The van der Waals surface area contributed by atoms with Crippen LogP contribution in [0.5, 0.6) is 0 Å². The van der Waals surface area contributed by atoms with Crippen molar-refractivity contribution in [2.45, 2.75) is 19.1 Å². The summed E-state index contributed by atoms with van der Waals surface area (Å²) in [6, 6.07) is 13.8. The summed E-state index contributed by atoms with van der Waals surface area (Å²) in [6.45, 7) is 3.64. The smallest absolute Gasteiger partial charge is 0.232 e. The Hall–Kier alpha value is -2.11. The molecule has 0 bridgehead atoms. The van der Waals surface area contributed by atoms with Crippen molar-refractivity contribution >= 4 is 11.6 Å². The number of carbonyl (C=O) groups is 1. The van der Waals surface area contributed by atoms with E-state index in [2.05, 4.69) is 4.90 Å². The minimum Gasteiger partial charge on any atom is -0.468 e. The molecule has 2 aromatic rings. The zero-order valence-corrected chi connectivity index (χ0v) is 13.6. The second-order valence-corrected chi connectivity index (χ2v) is 6.44. The number of carbonyl (C=O) groups excluding carboxylic acids is 1. The fourth-order valence-corrected chi connectivity index (χ4v) is 3.67. The molecule has 1 aromatic heterocycles. The van der Waals surface area contributed by atoms with E-state index in [0.717, 1.165) is 37.5 Å². The van der Waals surface area contributed by atoms with Crippen LogP contribution in [0.2, 0.25) is 0 Å². The minimum atomic E-state index is -0.0550. The van der Waals surface area contributed by atoms with Crippen LogP contribution in [0.25, 0.3) is 0 Å². The molecule has 1 amide bonds. The average Bonchev–Trinajstić information content (AvgIpc) is 3.06. The molecule has 0 radical (unpaired) electrons. The number of likely N-dealkylation sites (tertiary alicyclic amines) is 1. The second-order valence-electron chi connectivity index (χ2n) is 6.44. The lowest BCUT2D eigenvalue weighted by molar-refractivity contribution is -0.128. The number of benzene rings is 1. The standard InChI is InChI=1S/C19H22N2O3/c22-19-17-8-9-20(13-16-7-4-11-23-16)14-18(17)24-12-10-21(19)15-5-2-1-3-6-15/h1-7,11,17-18H,8-10,12-14H2/t17-,18+/m1/s1. The van der Waals surface area contributed by atoms with E-state index < -0.39 is 0 Å². The summed E-state index contributed by atoms with van der Waals surface area (Å²) in [4.78, 5) is 17.2. The van der Waals surface area contributed by atoms with Crippen molar-refractivity contribution in [2.24, 2.45) is 5.92 Å². The number of rotatable bonds is 3. The van der Waals surface area contributed by atoms with Crippen molar-refractivity contribution in [2.75, 3.05) is 31.1 Å². The molecule has 0 aliphatic carbocycles. The summed E-state index contributed by atoms with van der Waals surface area (Å²) in [5, 5.41) is 0. The maximum atomic E-state index is 13.0. The van der Waals surface area contributed by atoms with Gasteiger partial charge in [-0.1, -0.05) is 18.2 Å². The fraction of sp³-hybridized carbons (Fsp3) is 0.421. The Bertz CT molecular complexity index is 671. The number of hydrogen-bond donors (Lipinski definition) is 0. The van der Waals surface area contributed by atoms with Crippen LogP contribution in [0.4, 0.5) is 5.69 Å². The minimum absolute atomic E-state index is 0.0325. The van der Waals surface area contributed by atoms with Gasteiger partial charge in [0.25, 0.3) is 0 Å². The number of fused-ring (bicyclic) bond motifs is 1. The molecule has 0 spiro atoms. The molecule has 3 heterocycles. The maximum Gasteiger partial charge on any atom is 0.232 e. The molecule has 0 saturated carbocycles. The number of anilines is 1. The summed E-state index contributed by atoms with van der Waals surface area (Å²) >= 11 is 0. The molecular weight excluding hydrogens is 304 g/mol. The zero-order valence-electron chi connectivity index (χ0n) is 13.6. The van der Waals surface area contributed by atoms with Gasteiger partial charge in [0.05, 0.1) is 31.4 Å². The number of ether oxygens (including phenoxy) is 1. The Morgan fingerprint density at radius 2 is 1.96 bits per heavy atom. The normalized spacial score (nSPS) is 25.3. The summed E-state index contributed by atoms with van der Waals surface area (Å²) in [5.74, 6) is 1.10. The second kappa shape index (κ2) is 6.79. The molecule has 2 atom stereocenters.